The summed E-state index contributed by atoms with van der Waals surface area (Å²) in [7, 11) is -3.96. The van der Waals surface area contributed by atoms with Gasteiger partial charge in [-0.1, -0.05) is 0 Å². The Hall–Kier alpha value is -3.36. The molecule has 5 rings (SSSR count). The summed E-state index contributed by atoms with van der Waals surface area (Å²) in [6.45, 7) is 1.01. The second kappa shape index (κ2) is 8.20. The first-order chi connectivity index (χ1) is 15.8. The number of hydrogen-bond donors (Lipinski definition) is 1. The van der Waals surface area contributed by atoms with Crippen molar-refractivity contribution in [3.05, 3.63) is 53.6 Å². The van der Waals surface area contributed by atoms with Crippen LogP contribution in [0.5, 0.6) is 0 Å². The van der Waals surface area contributed by atoms with E-state index < -0.39 is 21.7 Å². The van der Waals surface area contributed by atoms with E-state index in [1.54, 1.807) is 18.2 Å². The molecule has 1 aliphatic heterocycles. The maximum atomic E-state index is 13.6. The van der Waals surface area contributed by atoms with E-state index >= 15 is 0 Å². The normalized spacial score (nSPS) is 17.2. The molecule has 1 saturated heterocycles. The Morgan fingerprint density at radius 2 is 1.73 bits per heavy atom. The van der Waals surface area contributed by atoms with E-state index in [0.29, 0.717) is 53.4 Å². The van der Waals surface area contributed by atoms with Crippen LogP contribution < -0.4 is 10.2 Å². The molecule has 2 aliphatic rings. The van der Waals surface area contributed by atoms with Gasteiger partial charge in [0.1, 0.15) is 0 Å². The number of anilines is 2. The predicted molar refractivity (Wildman–Crippen MR) is 118 cm³/mol. The molecular weight excluding hydrogens is 450 g/mol. The maximum Gasteiger partial charge on any atom is 0.243 e. The topological polar surface area (TPSA) is 102 Å². The van der Waals surface area contributed by atoms with Crippen LogP contribution in [0.25, 0.3) is 11.0 Å². The number of sulfonamides is 1. The maximum absolute atomic E-state index is 13.6. The molecule has 33 heavy (non-hydrogen) atoms. The molecule has 8 nitrogen and oxygen atoms in total. The van der Waals surface area contributed by atoms with Crippen LogP contribution in [0.15, 0.2) is 41.3 Å². The monoisotopic (exact) mass is 470 g/mol. The van der Waals surface area contributed by atoms with Gasteiger partial charge in [0.25, 0.3) is 0 Å². The molecular formula is C22H20F2N6O2S. The molecule has 0 spiro atoms. The van der Waals surface area contributed by atoms with Gasteiger partial charge in [-0.15, -0.1) is 0 Å². The molecule has 2 aromatic carbocycles. The third-order valence-corrected chi connectivity index (χ3v) is 7.65. The quantitative estimate of drug-likeness (QED) is 0.612. The first-order valence-corrected chi connectivity index (χ1v) is 12.0. The second-order valence-electron chi connectivity index (χ2n) is 8.10. The van der Waals surface area contributed by atoms with Crippen LogP contribution in [0.2, 0.25) is 0 Å². The molecule has 11 heteroatoms. The molecule has 3 aromatic rings. The van der Waals surface area contributed by atoms with E-state index in [0.717, 1.165) is 25.0 Å². The summed E-state index contributed by atoms with van der Waals surface area (Å²) >= 11 is 0. The lowest BCUT2D eigenvalue weighted by molar-refractivity contribution is 0.383. The molecule has 1 aliphatic carbocycles. The highest BCUT2D eigenvalue weighted by molar-refractivity contribution is 7.89. The average molecular weight is 471 g/mol. The molecule has 0 bridgehead atoms. The van der Waals surface area contributed by atoms with Crippen molar-refractivity contribution in [1.29, 1.82) is 5.26 Å². The van der Waals surface area contributed by atoms with E-state index in [1.807, 2.05) is 4.90 Å². The van der Waals surface area contributed by atoms with Crippen LogP contribution >= 0.6 is 0 Å². The first kappa shape index (κ1) is 21.5. The van der Waals surface area contributed by atoms with Crippen LogP contribution in [-0.4, -0.2) is 54.9 Å². The Labute approximate surface area is 189 Å². The van der Waals surface area contributed by atoms with Crippen LogP contribution in [0, 0.1) is 23.0 Å². The number of piperazine rings is 1. The molecule has 2 heterocycles. The summed E-state index contributed by atoms with van der Waals surface area (Å²) in [5.41, 5.74) is 1.73. The predicted octanol–water partition coefficient (Wildman–Crippen LogP) is 2.86. The van der Waals surface area contributed by atoms with Gasteiger partial charge in [-0.2, -0.15) is 9.57 Å². The second-order valence-corrected chi connectivity index (χ2v) is 10.0. The van der Waals surface area contributed by atoms with Gasteiger partial charge in [0.05, 0.1) is 27.6 Å². The molecule has 0 unspecified atom stereocenters. The summed E-state index contributed by atoms with van der Waals surface area (Å²) < 4.78 is 53.9. The zero-order valence-electron chi connectivity index (χ0n) is 17.5. The van der Waals surface area contributed by atoms with Crippen LogP contribution in [0.1, 0.15) is 18.4 Å². The van der Waals surface area contributed by atoms with E-state index in [1.165, 1.54) is 4.31 Å². The molecule has 170 valence electrons. The Morgan fingerprint density at radius 3 is 2.39 bits per heavy atom. The fraction of sp³-hybridized carbons (Fsp3) is 0.318. The Morgan fingerprint density at radius 1 is 0.970 bits per heavy atom. The number of nitrogens with one attached hydrogen (secondary N) is 1. The van der Waals surface area contributed by atoms with Gasteiger partial charge in [0.2, 0.25) is 10.0 Å². The highest BCUT2D eigenvalue weighted by Gasteiger charge is 2.31. The van der Waals surface area contributed by atoms with Gasteiger partial charge in [0.15, 0.2) is 23.3 Å². The fourth-order valence-electron chi connectivity index (χ4n) is 3.78. The number of hydrogen-bond acceptors (Lipinski definition) is 7. The highest BCUT2D eigenvalue weighted by atomic mass is 32.2. The summed E-state index contributed by atoms with van der Waals surface area (Å²) in [6, 6.07) is 10.2. The van der Waals surface area contributed by atoms with E-state index in [4.69, 9.17) is 9.97 Å². The zero-order valence-corrected chi connectivity index (χ0v) is 18.3. The lowest BCUT2D eigenvalue weighted by Gasteiger charge is -2.35. The first-order valence-electron chi connectivity index (χ1n) is 10.5. The summed E-state index contributed by atoms with van der Waals surface area (Å²) in [6.07, 6.45) is 2.10. The van der Waals surface area contributed by atoms with Crippen LogP contribution in [0.4, 0.5) is 20.4 Å². The Bertz CT molecular complexity index is 1380. The van der Waals surface area contributed by atoms with Crippen molar-refractivity contribution in [3.63, 3.8) is 0 Å². The number of halogens is 2. The summed E-state index contributed by atoms with van der Waals surface area (Å²) in [5.74, 6) is -1.06. The van der Waals surface area contributed by atoms with Crippen molar-refractivity contribution in [1.82, 2.24) is 14.3 Å². The van der Waals surface area contributed by atoms with E-state index in [2.05, 4.69) is 11.4 Å². The minimum atomic E-state index is -3.96. The number of rotatable bonds is 5. The Balaban J connectivity index is 1.41. The molecule has 1 N–H and O–H groups in total. The van der Waals surface area contributed by atoms with E-state index in [-0.39, 0.29) is 18.0 Å². The van der Waals surface area contributed by atoms with Gasteiger partial charge in [0, 0.05) is 32.2 Å². The third-order valence-electron chi connectivity index (χ3n) is 5.76. The highest BCUT2D eigenvalue weighted by Crippen LogP contribution is 2.32. The number of nitriles is 1. The van der Waals surface area contributed by atoms with Crippen molar-refractivity contribution in [2.24, 2.45) is 0 Å². The number of benzene rings is 2. The average Bonchev–Trinajstić information content (AvgIpc) is 3.64. The number of aromatic nitrogens is 2. The SMILES string of the molecule is N#Cc1ccc2nc(NC3CC3)c(N3CCN(S(=O)(=O)c4ccc(F)c(F)c4)CC3)nc2c1. The largest absolute Gasteiger partial charge is 0.364 e. The number of fused-ring (bicyclic) bond motifs is 1. The fourth-order valence-corrected chi connectivity index (χ4v) is 5.21. The number of nitrogens with zero attached hydrogens (tertiary/aromatic N) is 5. The minimum absolute atomic E-state index is 0.155. The zero-order chi connectivity index (χ0) is 23.2. The lowest BCUT2D eigenvalue weighted by Crippen LogP contribution is -2.49. The van der Waals surface area contributed by atoms with Crippen molar-refractivity contribution in [3.8, 4) is 6.07 Å². The summed E-state index contributed by atoms with van der Waals surface area (Å²) in [4.78, 5) is 11.1. The van der Waals surface area contributed by atoms with Crippen molar-refractivity contribution in [2.75, 3.05) is 36.4 Å². The molecule has 0 atom stereocenters. The third kappa shape index (κ3) is 4.19. The smallest absolute Gasteiger partial charge is 0.243 e. The summed E-state index contributed by atoms with van der Waals surface area (Å²) in [5, 5.41) is 12.6. The van der Waals surface area contributed by atoms with Gasteiger partial charge in [-0.25, -0.2) is 27.2 Å². The molecule has 1 saturated carbocycles. The van der Waals surface area contributed by atoms with Crippen molar-refractivity contribution in [2.45, 2.75) is 23.8 Å². The molecule has 0 amide bonds. The van der Waals surface area contributed by atoms with Gasteiger partial charge < -0.3 is 10.2 Å². The van der Waals surface area contributed by atoms with Gasteiger partial charge in [-0.3, -0.25) is 0 Å². The Kier molecular flexibility index (Phi) is 5.34. The molecule has 1 aromatic heterocycles. The van der Waals surface area contributed by atoms with Crippen molar-refractivity contribution >= 4 is 32.7 Å². The van der Waals surface area contributed by atoms with Gasteiger partial charge >= 0.3 is 0 Å². The van der Waals surface area contributed by atoms with Crippen LogP contribution in [-0.2, 0) is 10.0 Å². The van der Waals surface area contributed by atoms with Crippen molar-refractivity contribution < 1.29 is 17.2 Å². The minimum Gasteiger partial charge on any atom is -0.364 e. The van der Waals surface area contributed by atoms with Gasteiger partial charge in [-0.05, 0) is 49.2 Å². The van der Waals surface area contributed by atoms with Crippen LogP contribution in [0.3, 0.4) is 0 Å². The van der Waals surface area contributed by atoms with E-state index in [9.17, 15) is 22.5 Å². The standard InChI is InChI=1S/C22H20F2N6O2S/c23-17-5-4-16(12-18(17)24)33(31,32)30-9-7-29(8-10-30)22-21(26-15-2-3-15)27-19-6-1-14(13-25)11-20(19)28-22/h1,4-6,11-12,15H,2-3,7-10H2,(H,26,27). The lowest BCUT2D eigenvalue weighted by atomic mass is 10.2. The molecule has 0 radical (unpaired) electrons. The molecule has 2 fully saturated rings.